The van der Waals surface area contributed by atoms with E-state index in [1.165, 1.54) is 6.07 Å². The Morgan fingerprint density at radius 1 is 1.03 bits per heavy atom. The first-order valence-corrected chi connectivity index (χ1v) is 10.7. The maximum atomic E-state index is 12.6. The van der Waals surface area contributed by atoms with Crippen LogP contribution in [0, 0.1) is 0 Å². The van der Waals surface area contributed by atoms with Gasteiger partial charge in [0.05, 0.1) is 19.8 Å². The third-order valence-electron chi connectivity index (χ3n) is 5.57. The number of aliphatic hydroxyl groups is 1. The van der Waals surface area contributed by atoms with Gasteiger partial charge >= 0.3 is 5.63 Å². The van der Waals surface area contributed by atoms with Gasteiger partial charge in [-0.2, -0.15) is 0 Å². The highest BCUT2D eigenvalue weighted by atomic mass is 16.5. The molecule has 0 aliphatic carbocycles. The maximum Gasteiger partial charge on any atom is 0.336 e. The lowest BCUT2D eigenvalue weighted by Crippen LogP contribution is -2.30. The molecule has 0 bridgehead atoms. The first-order chi connectivity index (χ1) is 16.1. The summed E-state index contributed by atoms with van der Waals surface area (Å²) in [6.07, 6.45) is 0.633. The molecule has 0 unspecified atom stereocenters. The van der Waals surface area contributed by atoms with Crippen LogP contribution in [-0.2, 0) is 11.2 Å². The van der Waals surface area contributed by atoms with Crippen LogP contribution in [0.3, 0.4) is 0 Å². The summed E-state index contributed by atoms with van der Waals surface area (Å²) in [5.74, 6) is 0.369. The minimum Gasteiger partial charge on any atom is -0.496 e. The minimum absolute atomic E-state index is 0.178. The average Bonchev–Trinajstić information content (AvgIpc) is 2.86. The molecular weight excluding hydrogens is 418 g/mol. The zero-order valence-corrected chi connectivity index (χ0v) is 18.3. The monoisotopic (exact) mass is 443 g/mol. The Hall–Kier alpha value is -3.90. The van der Waals surface area contributed by atoms with Gasteiger partial charge in [0.15, 0.2) is 0 Å². The number of aliphatic hydroxyl groups excluding tert-OH is 1. The molecule has 1 aromatic heterocycles. The topological polar surface area (TPSA) is 88.8 Å². The van der Waals surface area contributed by atoms with Crippen molar-refractivity contribution >= 4 is 16.9 Å². The number of fused-ring (bicyclic) bond motifs is 1. The zero-order valence-electron chi connectivity index (χ0n) is 18.3. The largest absolute Gasteiger partial charge is 0.496 e. The van der Waals surface area contributed by atoms with E-state index in [9.17, 15) is 14.7 Å². The van der Waals surface area contributed by atoms with Gasteiger partial charge in [0, 0.05) is 23.9 Å². The van der Waals surface area contributed by atoms with Crippen molar-refractivity contribution in [2.45, 2.75) is 18.9 Å². The SMILES string of the molecule is COc1cc2oc(=O)cc(-c3ccccc3)c2cc1CCC(=O)N[C@H](CO)c1ccccc1. The Kier molecular flexibility index (Phi) is 6.86. The lowest BCUT2D eigenvalue weighted by molar-refractivity contribution is -0.122. The third-order valence-corrected chi connectivity index (χ3v) is 5.57. The summed E-state index contributed by atoms with van der Waals surface area (Å²) in [7, 11) is 1.54. The first kappa shape index (κ1) is 22.3. The number of amides is 1. The van der Waals surface area contributed by atoms with Crippen molar-refractivity contribution in [1.82, 2.24) is 5.32 Å². The fourth-order valence-corrected chi connectivity index (χ4v) is 3.91. The Morgan fingerprint density at radius 2 is 1.73 bits per heavy atom. The summed E-state index contributed by atoms with van der Waals surface area (Å²) in [6.45, 7) is -0.186. The zero-order chi connectivity index (χ0) is 23.2. The molecular formula is C27H25NO5. The van der Waals surface area contributed by atoms with Crippen molar-refractivity contribution in [2.75, 3.05) is 13.7 Å². The molecule has 33 heavy (non-hydrogen) atoms. The number of aryl methyl sites for hydroxylation is 1. The fourth-order valence-electron chi connectivity index (χ4n) is 3.91. The molecule has 0 saturated heterocycles. The molecule has 6 heteroatoms. The summed E-state index contributed by atoms with van der Waals surface area (Å²) in [5, 5.41) is 13.4. The average molecular weight is 443 g/mol. The normalized spacial score (nSPS) is 11.8. The predicted octanol–water partition coefficient (Wildman–Crippen LogP) is 4.25. The van der Waals surface area contributed by atoms with Crippen molar-refractivity contribution in [3.63, 3.8) is 0 Å². The first-order valence-electron chi connectivity index (χ1n) is 10.7. The van der Waals surface area contributed by atoms with E-state index < -0.39 is 11.7 Å². The second-order valence-corrected chi connectivity index (χ2v) is 7.72. The number of ether oxygens (including phenoxy) is 1. The fraction of sp³-hybridized carbons (Fsp3) is 0.185. The van der Waals surface area contributed by atoms with Crippen LogP contribution in [0.15, 0.2) is 88.1 Å². The lowest BCUT2D eigenvalue weighted by Gasteiger charge is -2.17. The number of benzene rings is 3. The molecule has 1 amide bonds. The molecule has 0 aliphatic rings. The van der Waals surface area contributed by atoms with E-state index >= 15 is 0 Å². The summed E-state index contributed by atoms with van der Waals surface area (Å²) in [5.41, 5.74) is 3.32. The van der Waals surface area contributed by atoms with Gasteiger partial charge in [-0.3, -0.25) is 4.79 Å². The number of hydrogen-bond acceptors (Lipinski definition) is 5. The molecule has 1 heterocycles. The molecule has 0 radical (unpaired) electrons. The summed E-state index contributed by atoms with van der Waals surface area (Å²) < 4.78 is 10.9. The van der Waals surface area contributed by atoms with Gasteiger partial charge in [-0.05, 0) is 34.7 Å². The Bertz CT molecular complexity index is 1300. The van der Waals surface area contributed by atoms with Gasteiger partial charge in [-0.25, -0.2) is 4.79 Å². The van der Waals surface area contributed by atoms with Crippen LogP contribution in [0.25, 0.3) is 22.1 Å². The third kappa shape index (κ3) is 5.13. The van der Waals surface area contributed by atoms with Crippen LogP contribution in [-0.4, -0.2) is 24.7 Å². The van der Waals surface area contributed by atoms with Crippen molar-refractivity contribution in [3.8, 4) is 16.9 Å². The van der Waals surface area contributed by atoms with E-state index in [0.717, 1.165) is 27.6 Å². The number of carbonyl (C=O) groups excluding carboxylic acids is 1. The Balaban J connectivity index is 1.60. The number of methoxy groups -OCH3 is 1. The highest BCUT2D eigenvalue weighted by Gasteiger charge is 2.16. The maximum absolute atomic E-state index is 12.6. The standard InChI is InChI=1S/C27H25NO5/c1-32-24-16-25-22(21(15-27(31)33-25)18-8-4-2-5-9-18)14-20(24)12-13-26(30)28-23(17-29)19-10-6-3-7-11-19/h2-11,14-16,23,29H,12-13,17H2,1H3,(H,28,30)/t23-/m1/s1. The molecule has 2 N–H and O–H groups in total. The van der Waals surface area contributed by atoms with Crippen LogP contribution in [0.4, 0.5) is 0 Å². The quantitative estimate of drug-likeness (QED) is 0.398. The molecule has 168 valence electrons. The van der Waals surface area contributed by atoms with Crippen LogP contribution in [0.1, 0.15) is 23.6 Å². The molecule has 0 spiro atoms. The molecule has 4 aromatic rings. The van der Waals surface area contributed by atoms with Crippen molar-refractivity contribution in [2.24, 2.45) is 0 Å². The van der Waals surface area contributed by atoms with E-state index in [2.05, 4.69) is 5.32 Å². The number of rotatable bonds is 8. The van der Waals surface area contributed by atoms with Gasteiger partial charge in [0.25, 0.3) is 0 Å². The van der Waals surface area contributed by atoms with E-state index in [0.29, 0.717) is 17.8 Å². The number of hydrogen-bond donors (Lipinski definition) is 2. The predicted molar refractivity (Wildman–Crippen MR) is 127 cm³/mol. The van der Waals surface area contributed by atoms with E-state index in [1.807, 2.05) is 66.7 Å². The van der Waals surface area contributed by atoms with Crippen molar-refractivity contribution in [1.29, 1.82) is 0 Å². The van der Waals surface area contributed by atoms with E-state index in [-0.39, 0.29) is 18.9 Å². The lowest BCUT2D eigenvalue weighted by atomic mass is 9.98. The van der Waals surface area contributed by atoms with E-state index in [4.69, 9.17) is 9.15 Å². The number of carbonyl (C=O) groups is 1. The van der Waals surface area contributed by atoms with E-state index in [1.54, 1.807) is 13.2 Å². The molecule has 1 atom stereocenters. The smallest absolute Gasteiger partial charge is 0.336 e. The minimum atomic E-state index is -0.462. The van der Waals surface area contributed by atoms with Crippen LogP contribution >= 0.6 is 0 Å². The van der Waals surface area contributed by atoms with Crippen LogP contribution < -0.4 is 15.7 Å². The molecule has 0 aliphatic heterocycles. The van der Waals surface area contributed by atoms with Gasteiger partial charge < -0.3 is 19.6 Å². The molecule has 3 aromatic carbocycles. The summed E-state index contributed by atoms with van der Waals surface area (Å²) in [6, 6.07) is 23.6. The summed E-state index contributed by atoms with van der Waals surface area (Å²) in [4.78, 5) is 24.8. The van der Waals surface area contributed by atoms with Crippen LogP contribution in [0.2, 0.25) is 0 Å². The Labute approximate surface area is 191 Å². The van der Waals surface area contributed by atoms with Gasteiger partial charge in [0.1, 0.15) is 11.3 Å². The van der Waals surface area contributed by atoms with Crippen molar-refractivity contribution < 1.29 is 19.1 Å². The second kappa shape index (κ2) is 10.1. The number of nitrogens with one attached hydrogen (secondary N) is 1. The van der Waals surface area contributed by atoms with Crippen LogP contribution in [0.5, 0.6) is 5.75 Å². The van der Waals surface area contributed by atoms with Gasteiger partial charge in [-0.15, -0.1) is 0 Å². The second-order valence-electron chi connectivity index (χ2n) is 7.72. The van der Waals surface area contributed by atoms with Gasteiger partial charge in [-0.1, -0.05) is 60.7 Å². The summed E-state index contributed by atoms with van der Waals surface area (Å²) >= 11 is 0. The van der Waals surface area contributed by atoms with Crippen molar-refractivity contribution in [3.05, 3.63) is 100 Å². The Morgan fingerprint density at radius 3 is 2.39 bits per heavy atom. The highest BCUT2D eigenvalue weighted by molar-refractivity contribution is 5.94. The molecule has 0 saturated carbocycles. The molecule has 6 nitrogen and oxygen atoms in total. The molecule has 4 rings (SSSR count). The highest BCUT2D eigenvalue weighted by Crippen LogP contribution is 2.33. The van der Waals surface area contributed by atoms with Gasteiger partial charge in [0.2, 0.25) is 5.91 Å². The molecule has 0 fully saturated rings.